The Morgan fingerprint density at radius 3 is 1.21 bits per heavy atom. The van der Waals surface area contributed by atoms with Crippen LogP contribution < -0.4 is 18.9 Å². The molecule has 1 atom stereocenters. The first-order valence-corrected chi connectivity index (χ1v) is 32.7. The number of hydrogen-bond donors (Lipinski definition) is 6. The normalized spacial score (nSPS) is 11.8. The molecule has 0 radical (unpaired) electrons. The highest BCUT2D eigenvalue weighted by Crippen LogP contribution is 2.35. The van der Waals surface area contributed by atoms with E-state index in [4.69, 9.17) is 29.2 Å². The van der Waals surface area contributed by atoms with Gasteiger partial charge in [-0.25, -0.2) is 23.4 Å². The van der Waals surface area contributed by atoms with Crippen LogP contribution >= 0.6 is 0 Å². The van der Waals surface area contributed by atoms with Crippen molar-refractivity contribution >= 4 is 48.8 Å². The highest BCUT2D eigenvalue weighted by Gasteiger charge is 2.21. The lowest BCUT2D eigenvalue weighted by Gasteiger charge is -2.21. The summed E-state index contributed by atoms with van der Waals surface area (Å²) in [6.07, 6.45) is 5.85. The lowest BCUT2D eigenvalue weighted by molar-refractivity contribution is 0.0792. The smallest absolute Gasteiger partial charge is 0.229 e. The standard InChI is InChI=1S/C26H28N2O2.C25H26N2O2.C24H25N3O3S/c1-4-30-20-13-9-18(10-14-20)11-16-25-27-23-15-12-19(17-24(23)28-25)21-7-5-6-8-22(21)26(2,3)29;1-3-29-20-12-8-18(9-13-20)10-15-25-26-23-14-11-19(16-24(23)27-25)22-7-5-4-6-21(22)17(2)28;1-3-30-19-12-8-17(9-13-19)10-15-24-25-22-14-11-18(16-23(22)26-24)20-6-4-5-7-21(20)27-31(2,28)29/h5-10,12-15,17,29H,4,11,16H2,1-3H3,(H,27,28);4-9,11-14,16-17,28H,3,10,15H2,1-2H3,(H,26,27);4-9,11-14,16,27H,3,10,15H2,1-2H3,(H,25,26). The zero-order chi connectivity index (χ0) is 63.2. The van der Waals surface area contributed by atoms with Gasteiger partial charge >= 0.3 is 0 Å². The van der Waals surface area contributed by atoms with E-state index in [1.54, 1.807) is 13.0 Å². The molecule has 0 spiro atoms. The molecule has 14 nitrogen and oxygen atoms in total. The van der Waals surface area contributed by atoms with Crippen LogP contribution in [-0.2, 0) is 54.1 Å². The molecule has 6 N–H and O–H groups in total. The molecule has 9 aromatic carbocycles. The summed E-state index contributed by atoms with van der Waals surface area (Å²) in [5.41, 5.74) is 17.0. The second-order valence-electron chi connectivity index (χ2n) is 22.8. The van der Waals surface area contributed by atoms with Gasteiger partial charge in [0.15, 0.2) is 0 Å². The number of aromatic nitrogens is 6. The third kappa shape index (κ3) is 16.8. The van der Waals surface area contributed by atoms with Gasteiger partial charge in [-0.2, -0.15) is 0 Å². The number of H-pyrrole nitrogens is 3. The number of hydrogen-bond acceptors (Lipinski definition) is 10. The van der Waals surface area contributed by atoms with Crippen LogP contribution in [0.5, 0.6) is 17.2 Å². The van der Waals surface area contributed by atoms with Gasteiger partial charge in [0.2, 0.25) is 10.0 Å². The van der Waals surface area contributed by atoms with Crippen molar-refractivity contribution in [3.05, 3.63) is 245 Å². The lowest BCUT2D eigenvalue weighted by Crippen LogP contribution is -2.16. The van der Waals surface area contributed by atoms with Crippen LogP contribution in [0.4, 0.5) is 5.69 Å². The van der Waals surface area contributed by atoms with Gasteiger partial charge in [0, 0.05) is 24.8 Å². The highest BCUT2D eigenvalue weighted by molar-refractivity contribution is 7.92. The topological polar surface area (TPSA) is 200 Å². The predicted molar refractivity (Wildman–Crippen MR) is 364 cm³/mol. The second-order valence-corrected chi connectivity index (χ2v) is 24.5. The van der Waals surface area contributed by atoms with Crippen molar-refractivity contribution < 1.29 is 32.8 Å². The van der Waals surface area contributed by atoms with E-state index in [9.17, 15) is 18.6 Å². The minimum atomic E-state index is -3.36. The van der Waals surface area contributed by atoms with Crippen molar-refractivity contribution in [3.63, 3.8) is 0 Å². The molecule has 15 heteroatoms. The molecule has 0 saturated carbocycles. The number of aromatic amines is 3. The number of imidazole rings is 3. The molecule has 3 heterocycles. The van der Waals surface area contributed by atoms with Gasteiger partial charge < -0.3 is 39.4 Å². The Hall–Kier alpha value is -9.54. The molecule has 462 valence electrons. The Morgan fingerprint density at radius 2 is 0.822 bits per heavy atom. The molecule has 1 unspecified atom stereocenters. The Labute approximate surface area is 527 Å². The largest absolute Gasteiger partial charge is 0.494 e. The molecular weight excluding hydrogens is 1140 g/mol. The third-order valence-corrected chi connectivity index (χ3v) is 16.0. The number of anilines is 1. The number of aliphatic hydroxyl groups is 2. The number of para-hydroxylation sites is 1. The van der Waals surface area contributed by atoms with E-state index >= 15 is 0 Å². The molecule has 3 aromatic heterocycles. The maximum absolute atomic E-state index is 11.7. The zero-order valence-electron chi connectivity index (χ0n) is 52.2. The van der Waals surface area contributed by atoms with Crippen LogP contribution in [0.15, 0.2) is 200 Å². The summed E-state index contributed by atoms with van der Waals surface area (Å²) in [6.45, 7) is 13.4. The van der Waals surface area contributed by atoms with E-state index in [-0.39, 0.29) is 0 Å². The first kappa shape index (κ1) is 63.5. The van der Waals surface area contributed by atoms with Gasteiger partial charge in [0.05, 0.1) is 76.6 Å². The van der Waals surface area contributed by atoms with Crippen molar-refractivity contribution in [2.45, 2.75) is 91.8 Å². The van der Waals surface area contributed by atoms with E-state index < -0.39 is 21.7 Å². The van der Waals surface area contributed by atoms with E-state index in [1.165, 1.54) is 16.7 Å². The number of fused-ring (bicyclic) bond motifs is 3. The van der Waals surface area contributed by atoms with E-state index in [1.807, 2.05) is 162 Å². The number of ether oxygens (including phenoxy) is 3. The average molecular weight is 1220 g/mol. The fourth-order valence-corrected chi connectivity index (χ4v) is 11.6. The Kier molecular flexibility index (Phi) is 20.6. The van der Waals surface area contributed by atoms with Crippen LogP contribution in [0.25, 0.3) is 66.5 Å². The van der Waals surface area contributed by atoms with Crippen molar-refractivity contribution in [1.82, 2.24) is 29.9 Å². The van der Waals surface area contributed by atoms with E-state index in [0.717, 1.165) is 157 Å². The maximum atomic E-state index is 11.7. The van der Waals surface area contributed by atoms with Gasteiger partial charge in [-0.05, 0) is 195 Å². The van der Waals surface area contributed by atoms with Crippen LogP contribution in [0, 0.1) is 0 Å². The van der Waals surface area contributed by atoms with Crippen LogP contribution in [-0.4, -0.2) is 74.6 Å². The molecule has 0 bridgehead atoms. The molecular formula is C75H79N7O7S. The Morgan fingerprint density at radius 1 is 0.467 bits per heavy atom. The van der Waals surface area contributed by atoms with Gasteiger partial charge in [-0.15, -0.1) is 0 Å². The fourth-order valence-electron chi connectivity index (χ4n) is 11.0. The number of sulfonamides is 1. The quantitative estimate of drug-likeness (QED) is 0.0379. The summed E-state index contributed by atoms with van der Waals surface area (Å²) in [5, 5.41) is 20.6. The average Bonchev–Trinajstić information content (AvgIpc) is 1.93. The third-order valence-electron chi connectivity index (χ3n) is 15.4. The van der Waals surface area contributed by atoms with Crippen molar-refractivity contribution in [2.24, 2.45) is 0 Å². The summed E-state index contributed by atoms with van der Waals surface area (Å²) in [7, 11) is -3.36. The molecule has 12 aromatic rings. The minimum Gasteiger partial charge on any atom is -0.494 e. The second kappa shape index (κ2) is 29.2. The summed E-state index contributed by atoms with van der Waals surface area (Å²) in [5.74, 6) is 5.58. The molecule has 0 aliphatic heterocycles. The van der Waals surface area contributed by atoms with Gasteiger partial charge in [-0.1, -0.05) is 121 Å². The summed E-state index contributed by atoms with van der Waals surface area (Å²) >= 11 is 0. The zero-order valence-corrected chi connectivity index (χ0v) is 53.0. The Balaban J connectivity index is 0.000000149. The number of aliphatic hydroxyl groups excluding tert-OH is 1. The van der Waals surface area contributed by atoms with Gasteiger partial charge in [-0.3, -0.25) is 4.72 Å². The van der Waals surface area contributed by atoms with E-state index in [2.05, 4.69) is 86.4 Å². The number of rotatable bonds is 22. The first-order valence-electron chi connectivity index (χ1n) is 30.8. The first-order chi connectivity index (χ1) is 43.5. The van der Waals surface area contributed by atoms with Gasteiger partial charge in [0.25, 0.3) is 0 Å². The van der Waals surface area contributed by atoms with Crippen molar-refractivity contribution in [1.29, 1.82) is 0 Å². The number of aryl methyl sites for hydroxylation is 6. The molecule has 0 aliphatic rings. The van der Waals surface area contributed by atoms with Crippen LogP contribution in [0.3, 0.4) is 0 Å². The predicted octanol–water partition coefficient (Wildman–Crippen LogP) is 15.9. The fraction of sp³-hybridized carbons (Fsp3) is 0.240. The van der Waals surface area contributed by atoms with Crippen LogP contribution in [0.2, 0.25) is 0 Å². The molecule has 0 amide bonds. The molecule has 0 fully saturated rings. The molecule has 12 rings (SSSR count). The summed E-state index contributed by atoms with van der Waals surface area (Å²) in [4.78, 5) is 24.5. The number of nitrogens with zero attached hydrogens (tertiary/aromatic N) is 3. The SMILES string of the molecule is CCOc1ccc(CCc2nc3ccc(-c4ccccc4C(C)(C)O)cc3[nH]2)cc1.CCOc1ccc(CCc2nc3ccc(-c4ccccc4C(C)O)cc3[nH]2)cc1.CCOc1ccc(CCc2nc3ccc(-c4ccccc4NS(C)(=O)=O)cc3[nH]2)cc1. The van der Waals surface area contributed by atoms with Gasteiger partial charge in [0.1, 0.15) is 34.7 Å². The lowest BCUT2D eigenvalue weighted by atomic mass is 9.89. The molecule has 90 heavy (non-hydrogen) atoms. The maximum Gasteiger partial charge on any atom is 0.229 e. The minimum absolute atomic E-state index is 0.506. The Bertz CT molecular complexity index is 4430. The van der Waals surface area contributed by atoms with E-state index in [0.29, 0.717) is 25.5 Å². The van der Waals surface area contributed by atoms with Crippen molar-refractivity contribution in [3.8, 4) is 50.6 Å². The monoisotopic (exact) mass is 1220 g/mol. The molecule has 0 saturated heterocycles. The molecule has 0 aliphatic carbocycles. The summed E-state index contributed by atoms with van der Waals surface area (Å²) < 4.78 is 42.5. The van der Waals surface area contributed by atoms with Crippen LogP contribution in [0.1, 0.15) is 92.9 Å². The number of nitrogens with one attached hydrogen (secondary N) is 4. The summed E-state index contributed by atoms with van der Waals surface area (Å²) in [6, 6.07) is 66.4. The van der Waals surface area contributed by atoms with Crippen molar-refractivity contribution in [2.75, 3.05) is 30.8 Å². The number of benzene rings is 9. The highest BCUT2D eigenvalue weighted by atomic mass is 32.2.